The monoisotopic (exact) mass is 547 g/mol. The number of Topliss-reactive ketones (excluding diaryl/α,β-unsaturated/α-hetero) is 1. The van der Waals surface area contributed by atoms with Crippen molar-refractivity contribution in [2.24, 2.45) is 0 Å². The molecule has 0 bridgehead atoms. The number of allylic oxidation sites excluding steroid dienone is 2. The zero-order valence-electron chi connectivity index (χ0n) is 21.9. The maximum Gasteiger partial charge on any atom is 0.325 e. The number of esters is 1. The van der Waals surface area contributed by atoms with E-state index in [2.05, 4.69) is 10.6 Å². The van der Waals surface area contributed by atoms with Crippen LogP contribution >= 0.6 is 11.8 Å². The first-order chi connectivity index (χ1) is 19.0. The molecule has 0 aromatic heterocycles. The fourth-order valence-electron chi connectivity index (χ4n) is 4.58. The summed E-state index contributed by atoms with van der Waals surface area (Å²) in [5.41, 5.74) is 1.38. The zero-order chi connectivity index (χ0) is 27.6. The molecule has 2 aliphatic rings. The molecule has 4 rings (SSSR count). The van der Waals surface area contributed by atoms with Crippen molar-refractivity contribution in [2.75, 3.05) is 25.4 Å². The molecule has 0 saturated carbocycles. The van der Waals surface area contributed by atoms with Gasteiger partial charge in [-0.25, -0.2) is 0 Å². The predicted molar refractivity (Wildman–Crippen MR) is 151 cm³/mol. The van der Waals surface area contributed by atoms with Crippen LogP contribution in [0.25, 0.3) is 0 Å². The van der Waals surface area contributed by atoms with E-state index in [1.54, 1.807) is 47.9 Å². The standard InChI is InChI=1S/C30H33N3O5S/c1-2-38-28(35)19-33-25-15-9-10-16-27(25)39-20-24(30(33)37)31-18-26(34)23(17-21-11-5-3-6-12-21)32-29(36)22-13-7-4-8-14-22/h3-14,16,23-25,31H,2,15,17-20H2,1H3,(H,32,36). The number of carbonyl (C=O) groups is 4. The SMILES string of the molecule is CCOC(=O)CN1C(=O)C(NCC(=O)C(Cc2ccccc2)NC(=O)c2ccccc2)CSC2=CC=CCC21. The Morgan fingerprint density at radius 2 is 1.79 bits per heavy atom. The maximum atomic E-state index is 13.6. The number of amides is 2. The summed E-state index contributed by atoms with van der Waals surface area (Å²) >= 11 is 1.55. The van der Waals surface area contributed by atoms with E-state index < -0.39 is 18.1 Å². The highest BCUT2D eigenvalue weighted by Crippen LogP contribution is 2.33. The molecule has 2 aromatic rings. The Kier molecular flexibility index (Phi) is 10.1. The van der Waals surface area contributed by atoms with Gasteiger partial charge in [-0.3, -0.25) is 24.5 Å². The van der Waals surface area contributed by atoms with Gasteiger partial charge < -0.3 is 15.0 Å². The molecule has 0 radical (unpaired) electrons. The molecule has 3 atom stereocenters. The van der Waals surface area contributed by atoms with Crippen LogP contribution in [0.1, 0.15) is 29.3 Å². The number of nitrogens with one attached hydrogen (secondary N) is 2. The smallest absolute Gasteiger partial charge is 0.325 e. The number of carbonyl (C=O) groups excluding carboxylic acids is 4. The fraction of sp³-hybridized carbons (Fsp3) is 0.333. The number of ketones is 1. The number of hydrogen-bond acceptors (Lipinski definition) is 7. The number of hydrogen-bond donors (Lipinski definition) is 2. The van der Waals surface area contributed by atoms with E-state index in [4.69, 9.17) is 4.74 Å². The van der Waals surface area contributed by atoms with Gasteiger partial charge in [0.25, 0.3) is 5.91 Å². The van der Waals surface area contributed by atoms with Gasteiger partial charge in [-0.2, -0.15) is 0 Å². The van der Waals surface area contributed by atoms with E-state index in [1.165, 1.54) is 0 Å². The molecule has 2 aromatic carbocycles. The van der Waals surface area contributed by atoms with Crippen LogP contribution in [0.3, 0.4) is 0 Å². The summed E-state index contributed by atoms with van der Waals surface area (Å²) in [4.78, 5) is 54.8. The lowest BCUT2D eigenvalue weighted by Crippen LogP contribution is -2.54. The lowest BCUT2D eigenvalue weighted by atomic mass is 10.0. The van der Waals surface area contributed by atoms with Crippen molar-refractivity contribution in [1.29, 1.82) is 0 Å². The highest BCUT2D eigenvalue weighted by molar-refractivity contribution is 8.03. The second-order valence-corrected chi connectivity index (χ2v) is 10.4. The van der Waals surface area contributed by atoms with Crippen molar-refractivity contribution in [3.8, 4) is 0 Å². The molecule has 204 valence electrons. The van der Waals surface area contributed by atoms with Crippen molar-refractivity contribution in [3.63, 3.8) is 0 Å². The first-order valence-electron chi connectivity index (χ1n) is 13.1. The Balaban J connectivity index is 1.47. The highest BCUT2D eigenvalue weighted by atomic mass is 32.2. The number of nitrogens with zero attached hydrogens (tertiary/aromatic N) is 1. The minimum atomic E-state index is -0.786. The molecule has 39 heavy (non-hydrogen) atoms. The molecule has 1 aliphatic heterocycles. The summed E-state index contributed by atoms with van der Waals surface area (Å²) in [6.45, 7) is 1.69. The Labute approximate surface area is 232 Å². The van der Waals surface area contributed by atoms with E-state index in [1.807, 2.05) is 54.6 Å². The highest BCUT2D eigenvalue weighted by Gasteiger charge is 2.37. The molecular formula is C30H33N3O5S. The van der Waals surface area contributed by atoms with Crippen LogP contribution in [-0.2, 0) is 25.5 Å². The van der Waals surface area contributed by atoms with Crippen LogP contribution in [0.5, 0.6) is 0 Å². The van der Waals surface area contributed by atoms with Crippen LogP contribution in [0, 0.1) is 0 Å². The minimum absolute atomic E-state index is 0.112. The number of rotatable bonds is 11. The third-order valence-electron chi connectivity index (χ3n) is 6.60. The fourth-order valence-corrected chi connectivity index (χ4v) is 5.79. The van der Waals surface area contributed by atoms with Gasteiger partial charge >= 0.3 is 5.97 Å². The Bertz CT molecular complexity index is 1230. The van der Waals surface area contributed by atoms with Gasteiger partial charge in [0.1, 0.15) is 6.54 Å². The van der Waals surface area contributed by atoms with Crippen molar-refractivity contribution < 1.29 is 23.9 Å². The van der Waals surface area contributed by atoms with Gasteiger partial charge in [-0.15, -0.1) is 11.8 Å². The molecule has 8 nitrogen and oxygen atoms in total. The van der Waals surface area contributed by atoms with Gasteiger partial charge in [0.05, 0.1) is 31.3 Å². The van der Waals surface area contributed by atoms with Crippen LogP contribution in [0.2, 0.25) is 0 Å². The molecule has 1 fully saturated rings. The number of benzene rings is 2. The van der Waals surface area contributed by atoms with Gasteiger partial charge in [-0.05, 0) is 37.5 Å². The summed E-state index contributed by atoms with van der Waals surface area (Å²) in [6, 6.07) is 16.5. The predicted octanol–water partition coefficient (Wildman–Crippen LogP) is 2.91. The van der Waals surface area contributed by atoms with Crippen LogP contribution in [0.15, 0.2) is 83.8 Å². The van der Waals surface area contributed by atoms with Gasteiger partial charge in [0, 0.05) is 16.2 Å². The lowest BCUT2D eigenvalue weighted by molar-refractivity contribution is -0.150. The number of fused-ring (bicyclic) bond motifs is 1. The third-order valence-corrected chi connectivity index (χ3v) is 7.84. The second-order valence-electron chi connectivity index (χ2n) is 9.31. The van der Waals surface area contributed by atoms with E-state index in [9.17, 15) is 19.2 Å². The summed E-state index contributed by atoms with van der Waals surface area (Å²) in [6.07, 6.45) is 6.82. The van der Waals surface area contributed by atoms with Gasteiger partial charge in [0.15, 0.2) is 5.78 Å². The summed E-state index contributed by atoms with van der Waals surface area (Å²) in [7, 11) is 0. The molecule has 1 saturated heterocycles. The summed E-state index contributed by atoms with van der Waals surface area (Å²) in [5.74, 6) is -0.870. The van der Waals surface area contributed by atoms with Crippen molar-refractivity contribution in [1.82, 2.24) is 15.5 Å². The second kappa shape index (κ2) is 13.9. The molecule has 1 heterocycles. The topological polar surface area (TPSA) is 105 Å². The quantitative estimate of drug-likeness (QED) is 0.417. The van der Waals surface area contributed by atoms with Crippen LogP contribution in [-0.4, -0.2) is 72.0 Å². The van der Waals surface area contributed by atoms with E-state index in [0.29, 0.717) is 24.2 Å². The first-order valence-corrected chi connectivity index (χ1v) is 14.1. The molecule has 0 spiro atoms. The van der Waals surface area contributed by atoms with Crippen molar-refractivity contribution >= 4 is 35.3 Å². The third kappa shape index (κ3) is 7.68. The molecule has 9 heteroatoms. The first kappa shape index (κ1) is 28.3. The summed E-state index contributed by atoms with van der Waals surface area (Å²) < 4.78 is 5.12. The average Bonchev–Trinajstić information content (AvgIpc) is 3.08. The average molecular weight is 548 g/mol. The van der Waals surface area contributed by atoms with E-state index >= 15 is 0 Å². The molecule has 2 N–H and O–H groups in total. The zero-order valence-corrected chi connectivity index (χ0v) is 22.7. The molecule has 1 aliphatic carbocycles. The Hall–Kier alpha value is -3.69. The maximum absolute atomic E-state index is 13.6. The Morgan fingerprint density at radius 1 is 1.08 bits per heavy atom. The van der Waals surface area contributed by atoms with Crippen LogP contribution in [0.4, 0.5) is 0 Å². The van der Waals surface area contributed by atoms with Crippen LogP contribution < -0.4 is 10.6 Å². The van der Waals surface area contributed by atoms with Crippen molar-refractivity contribution in [3.05, 3.63) is 94.9 Å². The van der Waals surface area contributed by atoms with E-state index in [-0.39, 0.29) is 43.3 Å². The normalized spacial score (nSPS) is 19.4. The van der Waals surface area contributed by atoms with Crippen molar-refractivity contribution in [2.45, 2.75) is 37.9 Å². The number of ether oxygens (including phenoxy) is 1. The molecule has 2 amide bonds. The molecule has 3 unspecified atom stereocenters. The number of thioether (sulfide) groups is 1. The lowest BCUT2D eigenvalue weighted by Gasteiger charge is -2.32. The Morgan fingerprint density at radius 3 is 2.51 bits per heavy atom. The summed E-state index contributed by atoms with van der Waals surface area (Å²) in [5, 5.41) is 6.00. The minimum Gasteiger partial charge on any atom is -0.465 e. The van der Waals surface area contributed by atoms with Gasteiger partial charge in [0.2, 0.25) is 5.91 Å². The largest absolute Gasteiger partial charge is 0.465 e. The molecular weight excluding hydrogens is 514 g/mol. The van der Waals surface area contributed by atoms with E-state index in [0.717, 1.165) is 10.5 Å². The van der Waals surface area contributed by atoms with Gasteiger partial charge in [-0.1, -0.05) is 66.8 Å².